The van der Waals surface area contributed by atoms with Crippen LogP contribution in [0, 0.1) is 0 Å². The third-order valence-corrected chi connectivity index (χ3v) is 5.23. The summed E-state index contributed by atoms with van der Waals surface area (Å²) in [4.78, 5) is 0. The highest BCUT2D eigenvalue weighted by Gasteiger charge is 2.20. The Kier molecular flexibility index (Phi) is 9.93. The van der Waals surface area contributed by atoms with Gasteiger partial charge < -0.3 is 5.11 Å². The predicted molar refractivity (Wildman–Crippen MR) is 113 cm³/mol. The summed E-state index contributed by atoms with van der Waals surface area (Å²) in [5, 5.41) is 10.3. The van der Waals surface area contributed by atoms with E-state index in [1.165, 1.54) is 62.8 Å². The first-order valence-electron chi connectivity index (χ1n) is 10.7. The van der Waals surface area contributed by atoms with Crippen molar-refractivity contribution in [1.82, 2.24) is 4.57 Å². The number of unbranched alkanes of at least 4 members (excludes halogenated alkanes) is 8. The number of nitrogens with zero attached hydrogens (tertiary/aromatic N) is 2. The average Bonchev–Trinajstić information content (AvgIpc) is 3.09. The second-order valence-electron chi connectivity index (χ2n) is 7.46. The number of aliphatic hydroxyl groups excluding tert-OH is 1. The molecule has 1 unspecified atom stereocenters. The second kappa shape index (κ2) is 12.5. The molecule has 27 heavy (non-hydrogen) atoms. The fourth-order valence-electron chi connectivity index (χ4n) is 3.62. The first-order valence-corrected chi connectivity index (χ1v) is 10.7. The van der Waals surface area contributed by atoms with Crippen LogP contribution in [0.2, 0.25) is 0 Å². The molecule has 3 heteroatoms. The van der Waals surface area contributed by atoms with Gasteiger partial charge in [-0.25, -0.2) is 9.13 Å². The molecule has 3 nitrogen and oxygen atoms in total. The van der Waals surface area contributed by atoms with Crippen LogP contribution in [0.15, 0.2) is 55.4 Å². The number of aliphatic hydroxyl groups is 1. The lowest BCUT2D eigenvalue weighted by Gasteiger charge is -2.08. The molecular weight excluding hydrogens is 332 g/mol. The lowest BCUT2D eigenvalue weighted by Crippen LogP contribution is -2.38. The average molecular weight is 370 g/mol. The summed E-state index contributed by atoms with van der Waals surface area (Å²) in [6.45, 7) is 6.85. The third-order valence-electron chi connectivity index (χ3n) is 5.23. The van der Waals surface area contributed by atoms with Crippen molar-refractivity contribution in [3.8, 4) is 0 Å². The molecule has 2 rings (SSSR count). The van der Waals surface area contributed by atoms with E-state index >= 15 is 0 Å². The van der Waals surface area contributed by atoms with E-state index in [2.05, 4.69) is 48.5 Å². The molecular formula is C24H37N2O+. The van der Waals surface area contributed by atoms with Crippen molar-refractivity contribution >= 4 is 0 Å². The Morgan fingerprint density at radius 2 is 1.63 bits per heavy atom. The number of aromatic nitrogens is 2. The summed E-state index contributed by atoms with van der Waals surface area (Å²) in [6, 6.07) is 10.5. The monoisotopic (exact) mass is 369 g/mol. The van der Waals surface area contributed by atoms with E-state index in [0.29, 0.717) is 0 Å². The lowest BCUT2D eigenvalue weighted by atomic mass is 10.1. The van der Waals surface area contributed by atoms with Crippen molar-refractivity contribution in [3.05, 3.63) is 66.8 Å². The van der Waals surface area contributed by atoms with Crippen LogP contribution in [0.5, 0.6) is 0 Å². The van der Waals surface area contributed by atoms with Gasteiger partial charge >= 0.3 is 0 Å². The van der Waals surface area contributed by atoms with Crippen LogP contribution >= 0.6 is 0 Å². The largest absolute Gasteiger partial charge is 0.352 e. The van der Waals surface area contributed by atoms with Crippen LogP contribution in [-0.4, -0.2) is 9.67 Å². The van der Waals surface area contributed by atoms with Crippen molar-refractivity contribution in [1.29, 1.82) is 0 Å². The Morgan fingerprint density at radius 3 is 2.26 bits per heavy atom. The van der Waals surface area contributed by atoms with E-state index in [-0.39, 0.29) is 0 Å². The topological polar surface area (TPSA) is 29.0 Å². The van der Waals surface area contributed by atoms with E-state index in [1.807, 2.05) is 16.8 Å². The summed E-state index contributed by atoms with van der Waals surface area (Å²) in [5.74, 6) is 1.18. The summed E-state index contributed by atoms with van der Waals surface area (Å²) in [5.41, 5.74) is 1.28. The molecule has 1 heterocycles. The Balaban J connectivity index is 1.85. The maximum atomic E-state index is 10.3. The van der Waals surface area contributed by atoms with Crippen molar-refractivity contribution in [2.45, 2.75) is 83.9 Å². The smallest absolute Gasteiger partial charge is 0.259 e. The first-order chi connectivity index (χ1) is 13.3. The highest BCUT2D eigenvalue weighted by Crippen LogP contribution is 2.14. The molecule has 0 amide bonds. The molecule has 0 aliphatic carbocycles. The fraction of sp³-hybridized carbons (Fsp3) is 0.542. The quantitative estimate of drug-likeness (QED) is 0.263. The van der Waals surface area contributed by atoms with E-state index in [4.69, 9.17) is 0 Å². The molecule has 0 saturated carbocycles. The normalized spacial score (nSPS) is 12.2. The van der Waals surface area contributed by atoms with Crippen molar-refractivity contribution in [2.24, 2.45) is 0 Å². The summed E-state index contributed by atoms with van der Waals surface area (Å²) in [7, 11) is 0. The molecule has 148 valence electrons. The standard InChI is InChI=1S/C24H37N2O/c1-3-5-6-7-8-9-10-11-15-18-23-25(19-20-26(23)24(27)4-2)21-22-16-13-12-14-17-22/h4,12-14,16-17,19-20,24,27H,2-3,5-11,15,18,21H2,1H3/q+1. The van der Waals surface area contributed by atoms with E-state index in [9.17, 15) is 5.11 Å². The minimum Gasteiger partial charge on any atom is -0.352 e. The van der Waals surface area contributed by atoms with Crippen LogP contribution in [-0.2, 0) is 13.0 Å². The van der Waals surface area contributed by atoms with Crippen molar-refractivity contribution < 1.29 is 9.67 Å². The maximum absolute atomic E-state index is 10.3. The van der Waals surface area contributed by atoms with Gasteiger partial charge in [0.2, 0.25) is 6.23 Å². The van der Waals surface area contributed by atoms with Gasteiger partial charge in [0.1, 0.15) is 18.9 Å². The molecule has 1 aromatic carbocycles. The van der Waals surface area contributed by atoms with Gasteiger partial charge in [-0.3, -0.25) is 0 Å². The molecule has 2 aromatic rings. The van der Waals surface area contributed by atoms with Gasteiger partial charge in [0.15, 0.2) is 0 Å². The lowest BCUT2D eigenvalue weighted by molar-refractivity contribution is -0.695. The van der Waals surface area contributed by atoms with E-state index < -0.39 is 6.23 Å². The molecule has 0 saturated heterocycles. The minimum absolute atomic E-state index is 0.657. The summed E-state index contributed by atoms with van der Waals surface area (Å²) in [6.07, 6.45) is 17.9. The zero-order chi connectivity index (χ0) is 19.3. The Bertz CT molecular complexity index is 648. The number of benzene rings is 1. The molecule has 0 radical (unpaired) electrons. The molecule has 0 bridgehead atoms. The first kappa shape index (κ1) is 21.4. The fourth-order valence-corrected chi connectivity index (χ4v) is 3.62. The summed E-state index contributed by atoms with van der Waals surface area (Å²) >= 11 is 0. The zero-order valence-corrected chi connectivity index (χ0v) is 17.0. The van der Waals surface area contributed by atoms with Crippen molar-refractivity contribution in [3.63, 3.8) is 0 Å². The second-order valence-corrected chi connectivity index (χ2v) is 7.46. The Morgan fingerprint density at radius 1 is 1.00 bits per heavy atom. The molecule has 0 aliphatic heterocycles. The number of imidazole rings is 1. The molecule has 0 fully saturated rings. The predicted octanol–water partition coefficient (Wildman–Crippen LogP) is 5.57. The minimum atomic E-state index is -0.657. The van der Waals surface area contributed by atoms with Gasteiger partial charge in [-0.05, 0) is 18.1 Å². The van der Waals surface area contributed by atoms with Crippen LogP contribution < -0.4 is 4.57 Å². The van der Waals surface area contributed by atoms with Gasteiger partial charge in [-0.1, -0.05) is 95.2 Å². The van der Waals surface area contributed by atoms with Crippen LogP contribution in [0.3, 0.4) is 0 Å². The number of rotatable bonds is 14. The maximum Gasteiger partial charge on any atom is 0.259 e. The van der Waals surface area contributed by atoms with Crippen LogP contribution in [0.25, 0.3) is 0 Å². The van der Waals surface area contributed by atoms with Crippen molar-refractivity contribution in [2.75, 3.05) is 0 Å². The third kappa shape index (κ3) is 7.34. The van der Waals surface area contributed by atoms with Gasteiger partial charge in [0, 0.05) is 6.42 Å². The molecule has 0 spiro atoms. The van der Waals surface area contributed by atoms with Gasteiger partial charge in [0.05, 0.1) is 0 Å². The zero-order valence-electron chi connectivity index (χ0n) is 17.0. The molecule has 1 aromatic heterocycles. The highest BCUT2D eigenvalue weighted by atomic mass is 16.3. The molecule has 1 atom stereocenters. The van der Waals surface area contributed by atoms with Crippen LogP contribution in [0.4, 0.5) is 0 Å². The molecule has 1 N–H and O–H groups in total. The SMILES string of the molecule is C=CC(O)n1cc[n+](Cc2ccccc2)c1CCCCCCCCCCC. The molecule has 0 aliphatic rings. The summed E-state index contributed by atoms with van der Waals surface area (Å²) < 4.78 is 4.20. The van der Waals surface area contributed by atoms with Gasteiger partial charge in [-0.2, -0.15) is 0 Å². The Labute approximate surface area is 165 Å². The Hall–Kier alpha value is -1.87. The van der Waals surface area contributed by atoms with E-state index in [1.54, 1.807) is 6.08 Å². The van der Waals surface area contributed by atoms with E-state index in [0.717, 1.165) is 19.4 Å². The highest BCUT2D eigenvalue weighted by molar-refractivity contribution is 5.13. The number of hydrogen-bond acceptors (Lipinski definition) is 1. The van der Waals surface area contributed by atoms with Gasteiger partial charge in [-0.15, -0.1) is 0 Å². The number of hydrogen-bond donors (Lipinski definition) is 1. The van der Waals surface area contributed by atoms with Crippen LogP contribution in [0.1, 0.15) is 82.3 Å². The van der Waals surface area contributed by atoms with Gasteiger partial charge in [0.25, 0.3) is 5.82 Å².